The standard InChI is InChI=1S/C30H26N4O3S2/c1-21-10-15-26-28(18-21)38-30(32-26)33(20-22-6-4-16-31-19-22)29(35)24-11-13-25(14-12-24)39(36,37)34-17-5-8-23-7-2-3-9-27(23)34/h2-4,6-7,9-16,18-19H,5,8,17,20H2,1H3. The number of pyridine rings is 1. The molecule has 2 aromatic heterocycles. The zero-order chi connectivity index (χ0) is 27.0. The zero-order valence-corrected chi connectivity index (χ0v) is 23.0. The molecule has 7 nitrogen and oxygen atoms in total. The van der Waals surface area contributed by atoms with Gasteiger partial charge in [-0.1, -0.05) is 41.7 Å². The third-order valence-corrected chi connectivity index (χ3v) is 9.70. The summed E-state index contributed by atoms with van der Waals surface area (Å²) in [7, 11) is -3.77. The second-order valence-corrected chi connectivity index (χ2v) is 12.4. The van der Waals surface area contributed by atoms with Gasteiger partial charge in [-0.3, -0.25) is 19.0 Å². The first-order valence-electron chi connectivity index (χ1n) is 12.7. The van der Waals surface area contributed by atoms with E-state index in [9.17, 15) is 13.2 Å². The van der Waals surface area contributed by atoms with Gasteiger partial charge in [-0.05, 0) is 85.0 Å². The number of amides is 1. The molecular weight excluding hydrogens is 528 g/mol. The van der Waals surface area contributed by atoms with Crippen molar-refractivity contribution in [2.24, 2.45) is 0 Å². The van der Waals surface area contributed by atoms with E-state index in [1.54, 1.807) is 29.4 Å². The largest absolute Gasteiger partial charge is 0.279 e. The minimum Gasteiger partial charge on any atom is -0.279 e. The van der Waals surface area contributed by atoms with Crippen molar-refractivity contribution in [2.75, 3.05) is 15.7 Å². The van der Waals surface area contributed by atoms with Gasteiger partial charge in [0.25, 0.3) is 15.9 Å². The maximum atomic E-state index is 13.8. The SMILES string of the molecule is Cc1ccc2nc(N(Cc3cccnc3)C(=O)c3ccc(S(=O)(=O)N4CCCc5ccccc54)cc3)sc2c1. The fraction of sp³-hybridized carbons (Fsp3) is 0.167. The van der Waals surface area contributed by atoms with Crippen molar-refractivity contribution >= 4 is 48.3 Å². The number of rotatable bonds is 6. The highest BCUT2D eigenvalue weighted by Crippen LogP contribution is 2.33. The van der Waals surface area contributed by atoms with E-state index in [1.807, 2.05) is 55.5 Å². The summed E-state index contributed by atoms with van der Waals surface area (Å²) in [5.74, 6) is -0.262. The Hall–Kier alpha value is -4.08. The number of carbonyl (C=O) groups excluding carboxylic acids is 1. The van der Waals surface area contributed by atoms with Crippen molar-refractivity contribution in [3.8, 4) is 0 Å². The maximum Gasteiger partial charge on any atom is 0.264 e. The number of aryl methyl sites for hydroxylation is 2. The lowest BCUT2D eigenvalue weighted by Gasteiger charge is -2.30. The number of aromatic nitrogens is 2. The van der Waals surface area contributed by atoms with Crippen molar-refractivity contribution in [3.63, 3.8) is 0 Å². The highest BCUT2D eigenvalue weighted by Gasteiger charge is 2.29. The number of fused-ring (bicyclic) bond motifs is 2. The van der Waals surface area contributed by atoms with Crippen LogP contribution in [0.4, 0.5) is 10.8 Å². The van der Waals surface area contributed by atoms with Crippen LogP contribution in [0.5, 0.6) is 0 Å². The van der Waals surface area contributed by atoms with Crippen LogP contribution in [0.1, 0.15) is 33.5 Å². The van der Waals surface area contributed by atoms with E-state index in [2.05, 4.69) is 11.1 Å². The molecule has 196 valence electrons. The summed E-state index contributed by atoms with van der Waals surface area (Å²) in [5, 5.41) is 0.575. The first kappa shape index (κ1) is 25.2. The lowest BCUT2D eigenvalue weighted by Crippen LogP contribution is -2.35. The summed E-state index contributed by atoms with van der Waals surface area (Å²) in [6.45, 7) is 2.74. The Morgan fingerprint density at radius 3 is 2.64 bits per heavy atom. The van der Waals surface area contributed by atoms with E-state index < -0.39 is 10.0 Å². The number of nitrogens with zero attached hydrogens (tertiary/aromatic N) is 4. The Labute approximate surface area is 231 Å². The normalized spacial score (nSPS) is 13.3. The number of para-hydroxylation sites is 1. The van der Waals surface area contributed by atoms with E-state index in [0.29, 0.717) is 17.2 Å². The molecule has 0 atom stereocenters. The Kier molecular flexibility index (Phi) is 6.62. The minimum absolute atomic E-state index is 0.157. The number of sulfonamides is 1. The van der Waals surface area contributed by atoms with Crippen LogP contribution in [0.25, 0.3) is 10.2 Å². The first-order valence-corrected chi connectivity index (χ1v) is 14.9. The summed E-state index contributed by atoms with van der Waals surface area (Å²) in [4.78, 5) is 24.5. The first-order chi connectivity index (χ1) is 18.9. The highest BCUT2D eigenvalue weighted by atomic mass is 32.2. The Bertz CT molecular complexity index is 1770. The molecular formula is C30H26N4O3S2. The van der Waals surface area contributed by atoms with Gasteiger partial charge in [0.05, 0.1) is 27.3 Å². The third-order valence-electron chi connectivity index (χ3n) is 6.83. The average molecular weight is 555 g/mol. The van der Waals surface area contributed by atoms with Gasteiger partial charge in [-0.15, -0.1) is 0 Å². The van der Waals surface area contributed by atoms with E-state index >= 15 is 0 Å². The molecule has 0 N–H and O–H groups in total. The molecule has 1 aliphatic rings. The van der Waals surface area contributed by atoms with Gasteiger partial charge >= 0.3 is 0 Å². The fourth-order valence-corrected chi connectivity index (χ4v) is 7.44. The van der Waals surface area contributed by atoms with Crippen LogP contribution in [0.3, 0.4) is 0 Å². The van der Waals surface area contributed by atoms with E-state index in [1.165, 1.54) is 27.8 Å². The molecule has 39 heavy (non-hydrogen) atoms. The van der Waals surface area contributed by atoms with Gasteiger partial charge in [0.15, 0.2) is 5.13 Å². The fourth-order valence-electron chi connectivity index (χ4n) is 4.84. The molecule has 0 unspecified atom stereocenters. The monoisotopic (exact) mass is 554 g/mol. The van der Waals surface area contributed by atoms with E-state index in [0.717, 1.165) is 45.4 Å². The zero-order valence-electron chi connectivity index (χ0n) is 21.3. The van der Waals surface area contributed by atoms with Gasteiger partial charge in [0.1, 0.15) is 0 Å². The lowest BCUT2D eigenvalue weighted by atomic mass is 10.0. The topological polar surface area (TPSA) is 83.5 Å². The van der Waals surface area contributed by atoms with Crippen molar-refractivity contribution in [1.29, 1.82) is 0 Å². The van der Waals surface area contributed by atoms with Gasteiger partial charge in [0.2, 0.25) is 0 Å². The molecule has 0 fully saturated rings. The van der Waals surface area contributed by atoms with E-state index in [4.69, 9.17) is 4.98 Å². The number of benzene rings is 3. The average Bonchev–Trinajstić information content (AvgIpc) is 3.38. The van der Waals surface area contributed by atoms with Gasteiger partial charge in [-0.25, -0.2) is 13.4 Å². The summed E-state index contributed by atoms with van der Waals surface area (Å²) in [6.07, 6.45) is 5.03. The molecule has 0 bridgehead atoms. The maximum absolute atomic E-state index is 13.8. The molecule has 0 radical (unpaired) electrons. The van der Waals surface area contributed by atoms with Crippen LogP contribution < -0.4 is 9.21 Å². The smallest absolute Gasteiger partial charge is 0.264 e. The minimum atomic E-state index is -3.77. The molecule has 5 aromatic rings. The summed E-state index contributed by atoms with van der Waals surface area (Å²) in [5.41, 5.74) is 4.94. The molecule has 3 heterocycles. The van der Waals surface area contributed by atoms with Gasteiger partial charge < -0.3 is 0 Å². The van der Waals surface area contributed by atoms with Crippen LogP contribution in [0.2, 0.25) is 0 Å². The van der Waals surface area contributed by atoms with Crippen molar-refractivity contribution in [2.45, 2.75) is 31.2 Å². The summed E-state index contributed by atoms with van der Waals surface area (Å²) < 4.78 is 29.6. The lowest BCUT2D eigenvalue weighted by molar-refractivity contribution is 0.0985. The van der Waals surface area contributed by atoms with Crippen LogP contribution >= 0.6 is 11.3 Å². The van der Waals surface area contributed by atoms with Crippen LogP contribution in [-0.4, -0.2) is 30.8 Å². The molecule has 6 rings (SSSR count). The van der Waals surface area contributed by atoms with Crippen molar-refractivity contribution in [1.82, 2.24) is 9.97 Å². The molecule has 0 aliphatic carbocycles. The number of thiazole rings is 1. The summed E-state index contributed by atoms with van der Waals surface area (Å²) >= 11 is 1.45. The quantitative estimate of drug-likeness (QED) is 0.258. The Balaban J connectivity index is 1.33. The van der Waals surface area contributed by atoms with Gasteiger partial charge in [-0.2, -0.15) is 0 Å². The van der Waals surface area contributed by atoms with Crippen LogP contribution in [0.15, 0.2) is 96.2 Å². The molecule has 3 aromatic carbocycles. The van der Waals surface area contributed by atoms with Crippen LogP contribution in [-0.2, 0) is 23.0 Å². The second kappa shape index (κ2) is 10.2. The number of hydrogen-bond acceptors (Lipinski definition) is 6. The molecule has 0 spiro atoms. The molecule has 9 heteroatoms. The number of carbonyl (C=O) groups is 1. The predicted octanol–water partition coefficient (Wildman–Crippen LogP) is 5.99. The highest BCUT2D eigenvalue weighted by molar-refractivity contribution is 7.92. The third kappa shape index (κ3) is 4.91. The molecule has 0 saturated heterocycles. The summed E-state index contributed by atoms with van der Waals surface area (Å²) in [6, 6.07) is 23.6. The molecule has 1 aliphatic heterocycles. The van der Waals surface area contributed by atoms with Crippen molar-refractivity contribution in [3.05, 3.63) is 114 Å². The number of hydrogen-bond donors (Lipinski definition) is 0. The second-order valence-electron chi connectivity index (χ2n) is 9.55. The predicted molar refractivity (Wildman–Crippen MR) is 155 cm³/mol. The molecule has 0 saturated carbocycles. The Morgan fingerprint density at radius 1 is 1.03 bits per heavy atom. The Morgan fingerprint density at radius 2 is 1.85 bits per heavy atom. The van der Waals surface area contributed by atoms with Crippen molar-refractivity contribution < 1.29 is 13.2 Å². The van der Waals surface area contributed by atoms with Gasteiger partial charge in [0, 0.05) is 24.5 Å². The van der Waals surface area contributed by atoms with Crippen LogP contribution in [0, 0.1) is 6.92 Å². The number of anilines is 2. The van der Waals surface area contributed by atoms with E-state index in [-0.39, 0.29) is 17.3 Å². The molecule has 1 amide bonds.